The van der Waals surface area contributed by atoms with E-state index >= 15 is 0 Å². The average molecular weight is 538 g/mol. The minimum Gasteiger partial charge on any atom is -0.480 e. The fraction of sp³-hybridized carbons (Fsp3) is 0.481. The fourth-order valence-electron chi connectivity index (χ4n) is 4.92. The van der Waals surface area contributed by atoms with Crippen LogP contribution in [0, 0.1) is 0 Å². The van der Waals surface area contributed by atoms with Crippen LogP contribution in [-0.2, 0) is 4.79 Å². The maximum atomic E-state index is 14.1. The first-order chi connectivity index (χ1) is 17.6. The summed E-state index contributed by atoms with van der Waals surface area (Å²) < 4.78 is 61.9. The largest absolute Gasteiger partial charge is 0.480 e. The summed E-state index contributed by atoms with van der Waals surface area (Å²) in [5.41, 5.74) is -1.25. The van der Waals surface area contributed by atoms with Gasteiger partial charge in [-0.1, -0.05) is 12.1 Å². The van der Waals surface area contributed by atoms with Gasteiger partial charge in [-0.3, -0.25) is 14.9 Å². The van der Waals surface area contributed by atoms with E-state index < -0.39 is 36.3 Å². The normalized spacial score (nSPS) is 18.4. The number of nitrogens with zero attached hydrogens (tertiary/aromatic N) is 2. The van der Waals surface area contributed by atoms with E-state index in [1.807, 2.05) is 14.1 Å². The first kappa shape index (κ1) is 27.8. The summed E-state index contributed by atoms with van der Waals surface area (Å²) in [5.74, 6) is -1.71. The van der Waals surface area contributed by atoms with Crippen LogP contribution in [0.5, 0.6) is 0 Å². The maximum Gasteiger partial charge on any atom is 0.407 e. The third-order valence-corrected chi connectivity index (χ3v) is 6.94. The molecule has 11 heteroatoms. The Kier molecular flexibility index (Phi) is 7.46. The second-order valence-corrected chi connectivity index (χ2v) is 10.7. The van der Waals surface area contributed by atoms with Crippen LogP contribution in [0.15, 0.2) is 40.8 Å². The Hall–Kier alpha value is -3.18. The topological polar surface area (TPSA) is 86.0 Å². The lowest BCUT2D eigenvalue weighted by Gasteiger charge is -2.28. The number of carboxylic acid groups (broad SMARTS) is 1. The predicted octanol–water partition coefficient (Wildman–Crippen LogP) is 5.15. The van der Waals surface area contributed by atoms with Gasteiger partial charge in [0.05, 0.1) is 0 Å². The second kappa shape index (κ2) is 10.2. The number of fused-ring (bicyclic) bond motifs is 3. The maximum absolute atomic E-state index is 14.1. The lowest BCUT2D eigenvalue weighted by atomic mass is 9.97. The number of likely N-dealkylation sites (N-methyl/N-ethyl adjacent to an activating group) is 1. The molecule has 7 nitrogen and oxygen atoms in total. The molecule has 1 aliphatic rings. The van der Waals surface area contributed by atoms with Crippen molar-refractivity contribution in [1.29, 1.82) is 0 Å². The van der Waals surface area contributed by atoms with E-state index in [-0.39, 0.29) is 23.1 Å². The summed E-state index contributed by atoms with van der Waals surface area (Å²) in [5, 5.41) is 12.6. The molecule has 0 bridgehead atoms. The summed E-state index contributed by atoms with van der Waals surface area (Å²) in [4.78, 5) is 28.5. The van der Waals surface area contributed by atoms with Crippen LogP contribution in [0.3, 0.4) is 0 Å². The number of carboxylic acids is 1. The van der Waals surface area contributed by atoms with Crippen LogP contribution in [-0.4, -0.2) is 77.9 Å². The smallest absolute Gasteiger partial charge is 0.407 e. The first-order valence-electron chi connectivity index (χ1n) is 12.3. The van der Waals surface area contributed by atoms with Crippen molar-refractivity contribution in [3.05, 3.63) is 47.5 Å². The van der Waals surface area contributed by atoms with Crippen molar-refractivity contribution in [3.8, 4) is 0 Å². The molecule has 3 atom stereocenters. The third-order valence-electron chi connectivity index (χ3n) is 6.94. The molecule has 1 fully saturated rings. The van der Waals surface area contributed by atoms with E-state index in [1.54, 1.807) is 23.1 Å². The first-order valence-corrected chi connectivity index (χ1v) is 12.3. The highest BCUT2D eigenvalue weighted by molar-refractivity contribution is 6.08. The monoisotopic (exact) mass is 537 g/mol. The Morgan fingerprint density at radius 2 is 1.82 bits per heavy atom. The standard InChI is InChI=1S/C27H31F4N3O4/c1-26(2,28)13-20(25(36)37)32-23(27(29,30)31)15-5-7-18-19-11-16(6-8-21(19)38-22(18)12-15)24(35)34-10-9-17(14-34)33(3)4/h5-8,11-12,17,20,23,32H,9-10,13-14H2,1-4H3,(H,36,37)/t17-,20+,23+/m1/s1. The molecule has 0 saturated carbocycles. The Balaban J connectivity index is 1.66. The van der Waals surface area contributed by atoms with Crippen molar-refractivity contribution in [2.45, 2.75) is 56.7 Å². The van der Waals surface area contributed by atoms with Crippen LogP contribution < -0.4 is 5.32 Å². The molecule has 4 rings (SSSR count). The van der Waals surface area contributed by atoms with Crippen molar-refractivity contribution >= 4 is 33.8 Å². The molecule has 0 spiro atoms. The SMILES string of the molecule is CN(C)[C@@H]1CCN(C(=O)c2ccc3oc4cc([C@H](N[C@@H](CC(C)(C)F)C(=O)O)C(F)(F)F)ccc4c3c2)C1. The lowest BCUT2D eigenvalue weighted by molar-refractivity contribution is -0.164. The number of nitrogens with one attached hydrogen (secondary N) is 1. The molecule has 1 saturated heterocycles. The fourth-order valence-corrected chi connectivity index (χ4v) is 4.92. The van der Waals surface area contributed by atoms with Crippen molar-refractivity contribution in [2.75, 3.05) is 27.2 Å². The van der Waals surface area contributed by atoms with Crippen molar-refractivity contribution in [2.24, 2.45) is 0 Å². The molecule has 2 N–H and O–H groups in total. The predicted molar refractivity (Wildman–Crippen MR) is 135 cm³/mol. The van der Waals surface area contributed by atoms with Gasteiger partial charge in [-0.15, -0.1) is 0 Å². The number of alkyl halides is 4. The van der Waals surface area contributed by atoms with E-state index in [0.29, 0.717) is 35.0 Å². The summed E-state index contributed by atoms with van der Waals surface area (Å²) in [6, 6.07) is 4.97. The number of carbonyl (C=O) groups excluding carboxylic acids is 1. The minimum absolute atomic E-state index is 0.126. The van der Waals surface area contributed by atoms with Gasteiger partial charge in [-0.2, -0.15) is 13.2 Å². The Morgan fingerprint density at radius 3 is 2.39 bits per heavy atom. The number of likely N-dealkylation sites (tertiary alicyclic amines) is 1. The molecule has 0 radical (unpaired) electrons. The number of aliphatic carboxylic acids is 1. The van der Waals surface area contributed by atoms with Crippen molar-refractivity contribution in [3.63, 3.8) is 0 Å². The van der Waals surface area contributed by atoms with Gasteiger partial charge < -0.3 is 19.3 Å². The van der Waals surface area contributed by atoms with Gasteiger partial charge in [0.1, 0.15) is 28.9 Å². The number of amides is 1. The van der Waals surface area contributed by atoms with Gasteiger partial charge in [0.15, 0.2) is 0 Å². The number of hydrogen-bond acceptors (Lipinski definition) is 5. The van der Waals surface area contributed by atoms with Crippen molar-refractivity contribution in [1.82, 2.24) is 15.1 Å². The van der Waals surface area contributed by atoms with Crippen LogP contribution in [0.25, 0.3) is 21.9 Å². The molecule has 1 amide bonds. The molecule has 1 aliphatic heterocycles. The molecule has 2 aromatic carbocycles. The quantitative estimate of drug-likeness (QED) is 0.387. The van der Waals surface area contributed by atoms with E-state index in [1.165, 1.54) is 18.2 Å². The van der Waals surface area contributed by atoms with Crippen LogP contribution in [0.2, 0.25) is 0 Å². The number of hydrogen-bond donors (Lipinski definition) is 2. The van der Waals surface area contributed by atoms with Crippen LogP contribution >= 0.6 is 0 Å². The second-order valence-electron chi connectivity index (χ2n) is 10.7. The van der Waals surface area contributed by atoms with Crippen LogP contribution in [0.4, 0.5) is 17.6 Å². The summed E-state index contributed by atoms with van der Waals surface area (Å²) in [6.07, 6.45) is -4.63. The van der Waals surface area contributed by atoms with Gasteiger partial charge >= 0.3 is 12.1 Å². The molecule has 2 heterocycles. The Bertz CT molecular complexity index is 1350. The lowest BCUT2D eigenvalue weighted by Crippen LogP contribution is -2.47. The molecular formula is C27H31F4N3O4. The summed E-state index contributed by atoms with van der Waals surface area (Å²) in [7, 11) is 3.94. The number of furan rings is 1. The zero-order valence-corrected chi connectivity index (χ0v) is 21.6. The Labute approximate surface area is 217 Å². The average Bonchev–Trinajstić information content (AvgIpc) is 3.44. The van der Waals surface area contributed by atoms with E-state index in [9.17, 15) is 32.3 Å². The molecule has 0 aliphatic carbocycles. The van der Waals surface area contributed by atoms with Crippen molar-refractivity contribution < 1.29 is 36.7 Å². The van der Waals surface area contributed by atoms with Gasteiger partial charge in [0.2, 0.25) is 0 Å². The number of carbonyl (C=O) groups is 2. The highest BCUT2D eigenvalue weighted by Crippen LogP contribution is 2.37. The highest BCUT2D eigenvalue weighted by atomic mass is 19.4. The van der Waals surface area contributed by atoms with Gasteiger partial charge in [-0.25, -0.2) is 4.39 Å². The minimum atomic E-state index is -4.85. The summed E-state index contributed by atoms with van der Waals surface area (Å²) >= 11 is 0. The number of rotatable bonds is 8. The van der Waals surface area contributed by atoms with Gasteiger partial charge in [0, 0.05) is 41.9 Å². The van der Waals surface area contributed by atoms with Crippen LogP contribution in [0.1, 0.15) is 48.7 Å². The molecule has 38 heavy (non-hydrogen) atoms. The zero-order chi connectivity index (χ0) is 28.0. The zero-order valence-electron chi connectivity index (χ0n) is 21.6. The van der Waals surface area contributed by atoms with E-state index in [4.69, 9.17) is 4.42 Å². The van der Waals surface area contributed by atoms with E-state index in [2.05, 4.69) is 10.2 Å². The van der Waals surface area contributed by atoms with Gasteiger partial charge in [0.25, 0.3) is 5.91 Å². The molecular weight excluding hydrogens is 506 g/mol. The number of halogens is 4. The molecule has 0 unspecified atom stereocenters. The molecule has 3 aromatic rings. The molecule has 1 aromatic heterocycles. The Morgan fingerprint density at radius 1 is 1.11 bits per heavy atom. The molecule has 206 valence electrons. The number of benzene rings is 2. The third kappa shape index (κ3) is 5.94. The summed E-state index contributed by atoms with van der Waals surface area (Å²) in [6.45, 7) is 3.47. The van der Waals surface area contributed by atoms with E-state index in [0.717, 1.165) is 20.3 Å². The highest BCUT2D eigenvalue weighted by Gasteiger charge is 2.44. The van der Waals surface area contributed by atoms with Gasteiger partial charge in [-0.05, 0) is 64.2 Å².